The molecule has 1 aliphatic rings. The Labute approximate surface area is 125 Å². The molecule has 1 fully saturated rings. The molecule has 1 saturated heterocycles. The van der Waals surface area contributed by atoms with Gasteiger partial charge in [0.2, 0.25) is 10.0 Å². The standard InChI is InChI=1S/C14H22FN3O2S/c1-16-10-11-3-4-14(13(15)9-11)21(19,20)17-12-5-7-18(2)8-6-12/h3-4,9,12,16-17H,5-8,10H2,1-2H3. The second-order valence-corrected chi connectivity index (χ2v) is 7.18. The highest BCUT2D eigenvalue weighted by atomic mass is 32.2. The van der Waals surface area contributed by atoms with Crippen molar-refractivity contribution in [1.82, 2.24) is 14.9 Å². The number of nitrogens with one attached hydrogen (secondary N) is 2. The van der Waals surface area contributed by atoms with Crippen LogP contribution in [-0.2, 0) is 16.6 Å². The molecule has 1 aromatic carbocycles. The molecule has 118 valence electrons. The van der Waals surface area contributed by atoms with Gasteiger partial charge in [-0.2, -0.15) is 0 Å². The van der Waals surface area contributed by atoms with Crippen molar-refractivity contribution < 1.29 is 12.8 Å². The van der Waals surface area contributed by atoms with Crippen molar-refractivity contribution in [2.24, 2.45) is 0 Å². The zero-order chi connectivity index (χ0) is 15.5. The van der Waals surface area contributed by atoms with Crippen molar-refractivity contribution in [2.75, 3.05) is 27.2 Å². The number of rotatable bonds is 5. The lowest BCUT2D eigenvalue weighted by Gasteiger charge is -2.29. The predicted octanol–water partition coefficient (Wildman–Crippen LogP) is 0.918. The summed E-state index contributed by atoms with van der Waals surface area (Å²) in [5.41, 5.74) is 0.716. The monoisotopic (exact) mass is 315 g/mol. The molecule has 0 unspecified atom stereocenters. The second kappa shape index (κ2) is 6.83. The summed E-state index contributed by atoms with van der Waals surface area (Å²) in [7, 11) is -0.0447. The van der Waals surface area contributed by atoms with E-state index in [1.807, 2.05) is 7.05 Å². The molecule has 0 bridgehead atoms. The fourth-order valence-electron chi connectivity index (χ4n) is 2.49. The van der Waals surface area contributed by atoms with Crippen LogP contribution in [0.5, 0.6) is 0 Å². The van der Waals surface area contributed by atoms with Crippen LogP contribution in [-0.4, -0.2) is 46.5 Å². The first-order valence-electron chi connectivity index (χ1n) is 7.06. The number of halogens is 1. The number of benzene rings is 1. The third kappa shape index (κ3) is 4.23. The Hall–Kier alpha value is -1.02. The number of hydrogen-bond acceptors (Lipinski definition) is 4. The smallest absolute Gasteiger partial charge is 0.243 e. The summed E-state index contributed by atoms with van der Waals surface area (Å²) in [5.74, 6) is -0.705. The van der Waals surface area contributed by atoms with Gasteiger partial charge in [0.25, 0.3) is 0 Å². The van der Waals surface area contributed by atoms with E-state index in [1.54, 1.807) is 13.1 Å². The molecule has 1 aromatic rings. The summed E-state index contributed by atoms with van der Waals surface area (Å²) >= 11 is 0. The largest absolute Gasteiger partial charge is 0.316 e. The molecule has 5 nitrogen and oxygen atoms in total. The predicted molar refractivity (Wildman–Crippen MR) is 80.0 cm³/mol. The van der Waals surface area contributed by atoms with E-state index in [2.05, 4.69) is 14.9 Å². The number of piperidine rings is 1. The van der Waals surface area contributed by atoms with E-state index in [0.717, 1.165) is 25.9 Å². The average Bonchev–Trinajstić information content (AvgIpc) is 2.41. The van der Waals surface area contributed by atoms with Crippen LogP contribution in [0.25, 0.3) is 0 Å². The lowest BCUT2D eigenvalue weighted by Crippen LogP contribution is -2.43. The maximum absolute atomic E-state index is 14.0. The summed E-state index contributed by atoms with van der Waals surface area (Å²) in [4.78, 5) is 1.87. The van der Waals surface area contributed by atoms with E-state index in [4.69, 9.17) is 0 Å². The number of nitrogens with zero attached hydrogens (tertiary/aromatic N) is 1. The van der Waals surface area contributed by atoms with Crippen molar-refractivity contribution in [3.8, 4) is 0 Å². The lowest BCUT2D eigenvalue weighted by atomic mass is 10.1. The third-order valence-electron chi connectivity index (χ3n) is 3.71. The SMILES string of the molecule is CNCc1ccc(S(=O)(=O)NC2CCN(C)CC2)c(F)c1. The number of likely N-dealkylation sites (tertiary alicyclic amines) is 1. The van der Waals surface area contributed by atoms with Crippen LogP contribution >= 0.6 is 0 Å². The lowest BCUT2D eigenvalue weighted by molar-refractivity contribution is 0.248. The molecule has 1 aliphatic heterocycles. The zero-order valence-electron chi connectivity index (χ0n) is 12.4. The van der Waals surface area contributed by atoms with Crippen molar-refractivity contribution in [3.05, 3.63) is 29.6 Å². The van der Waals surface area contributed by atoms with Gasteiger partial charge in [0.1, 0.15) is 10.7 Å². The molecule has 0 saturated carbocycles. The van der Waals surface area contributed by atoms with Crippen molar-refractivity contribution in [1.29, 1.82) is 0 Å². The highest BCUT2D eigenvalue weighted by molar-refractivity contribution is 7.89. The van der Waals surface area contributed by atoms with Gasteiger partial charge in [-0.05, 0) is 57.7 Å². The molecule has 0 radical (unpaired) electrons. The van der Waals surface area contributed by atoms with Gasteiger partial charge in [-0.1, -0.05) is 6.07 Å². The van der Waals surface area contributed by atoms with Gasteiger partial charge in [-0.15, -0.1) is 0 Å². The van der Waals surface area contributed by atoms with Crippen LogP contribution in [0, 0.1) is 5.82 Å². The molecule has 1 heterocycles. The quantitative estimate of drug-likeness (QED) is 0.848. The Morgan fingerprint density at radius 3 is 2.57 bits per heavy atom. The first-order chi connectivity index (χ1) is 9.92. The molecule has 0 amide bonds. The van der Waals surface area contributed by atoms with Crippen molar-refractivity contribution in [2.45, 2.75) is 30.3 Å². The zero-order valence-corrected chi connectivity index (χ0v) is 13.2. The van der Waals surface area contributed by atoms with Gasteiger partial charge in [0, 0.05) is 12.6 Å². The molecular weight excluding hydrogens is 293 g/mol. The van der Waals surface area contributed by atoms with Gasteiger partial charge in [-0.3, -0.25) is 0 Å². The summed E-state index contributed by atoms with van der Waals surface area (Å²) in [5, 5.41) is 2.90. The molecule has 7 heteroatoms. The Balaban J connectivity index is 2.12. The summed E-state index contributed by atoms with van der Waals surface area (Å²) in [6.45, 7) is 2.19. The Kier molecular flexibility index (Phi) is 5.32. The van der Waals surface area contributed by atoms with Crippen LogP contribution in [0.3, 0.4) is 0 Å². The van der Waals surface area contributed by atoms with E-state index >= 15 is 0 Å². The van der Waals surface area contributed by atoms with Crippen molar-refractivity contribution >= 4 is 10.0 Å². The van der Waals surface area contributed by atoms with Gasteiger partial charge in [0.15, 0.2) is 0 Å². The first kappa shape index (κ1) is 16.4. The summed E-state index contributed by atoms with van der Waals surface area (Å²) in [6.07, 6.45) is 1.49. The highest BCUT2D eigenvalue weighted by Crippen LogP contribution is 2.18. The maximum Gasteiger partial charge on any atom is 0.243 e. The van der Waals surface area contributed by atoms with Gasteiger partial charge < -0.3 is 10.2 Å². The van der Waals surface area contributed by atoms with E-state index in [1.165, 1.54) is 12.1 Å². The second-order valence-electron chi connectivity index (χ2n) is 5.49. The van der Waals surface area contributed by atoms with Gasteiger partial charge in [0.05, 0.1) is 0 Å². The first-order valence-corrected chi connectivity index (χ1v) is 8.54. The third-order valence-corrected chi connectivity index (χ3v) is 5.26. The molecule has 2 N–H and O–H groups in total. The normalized spacial score (nSPS) is 18.0. The molecule has 21 heavy (non-hydrogen) atoms. The Bertz CT molecular complexity index is 584. The maximum atomic E-state index is 14.0. The van der Waals surface area contributed by atoms with Crippen LogP contribution in [0.1, 0.15) is 18.4 Å². The van der Waals surface area contributed by atoms with E-state index < -0.39 is 15.8 Å². The highest BCUT2D eigenvalue weighted by Gasteiger charge is 2.25. The minimum absolute atomic E-state index is 0.123. The Morgan fingerprint density at radius 2 is 2.00 bits per heavy atom. The number of hydrogen-bond donors (Lipinski definition) is 2. The van der Waals surface area contributed by atoms with Crippen LogP contribution in [0.15, 0.2) is 23.1 Å². The van der Waals surface area contributed by atoms with Crippen LogP contribution in [0.2, 0.25) is 0 Å². The van der Waals surface area contributed by atoms with Gasteiger partial charge >= 0.3 is 0 Å². The molecule has 0 aromatic heterocycles. The average molecular weight is 315 g/mol. The van der Waals surface area contributed by atoms with E-state index in [-0.39, 0.29) is 10.9 Å². The minimum atomic E-state index is -3.80. The number of sulfonamides is 1. The van der Waals surface area contributed by atoms with E-state index in [9.17, 15) is 12.8 Å². The molecule has 0 aliphatic carbocycles. The molecule has 0 spiro atoms. The topological polar surface area (TPSA) is 61.4 Å². The molecule has 0 atom stereocenters. The minimum Gasteiger partial charge on any atom is -0.316 e. The van der Waals surface area contributed by atoms with Crippen molar-refractivity contribution in [3.63, 3.8) is 0 Å². The summed E-state index contributed by atoms with van der Waals surface area (Å²) < 4.78 is 41.2. The van der Waals surface area contributed by atoms with Crippen LogP contribution in [0.4, 0.5) is 4.39 Å². The Morgan fingerprint density at radius 1 is 1.33 bits per heavy atom. The van der Waals surface area contributed by atoms with Crippen LogP contribution < -0.4 is 10.0 Å². The molecule has 2 rings (SSSR count). The van der Waals surface area contributed by atoms with E-state index in [0.29, 0.717) is 12.1 Å². The fraction of sp³-hybridized carbons (Fsp3) is 0.571. The van der Waals surface area contributed by atoms with Gasteiger partial charge in [-0.25, -0.2) is 17.5 Å². The molecular formula is C14H22FN3O2S. The summed E-state index contributed by atoms with van der Waals surface area (Å²) in [6, 6.07) is 4.10. The fourth-order valence-corrected chi connectivity index (χ4v) is 3.85.